The van der Waals surface area contributed by atoms with E-state index in [4.69, 9.17) is 4.74 Å². The van der Waals surface area contributed by atoms with Gasteiger partial charge in [-0.2, -0.15) is 12.6 Å². The van der Waals surface area contributed by atoms with Gasteiger partial charge in [-0.1, -0.05) is 19.1 Å². The number of ether oxygens (including phenoxy) is 1. The van der Waals surface area contributed by atoms with Crippen LogP contribution in [0.3, 0.4) is 0 Å². The van der Waals surface area contributed by atoms with Gasteiger partial charge in [-0.15, -0.1) is 0 Å². The van der Waals surface area contributed by atoms with Crippen LogP contribution < -0.4 is 5.32 Å². The summed E-state index contributed by atoms with van der Waals surface area (Å²) in [5.41, 5.74) is 0. The summed E-state index contributed by atoms with van der Waals surface area (Å²) in [6.45, 7) is 6.06. The molecule has 0 aromatic rings. The number of rotatable bonds is 11. The number of carbonyl (C=O) groups is 1. The van der Waals surface area contributed by atoms with Gasteiger partial charge in [0.15, 0.2) is 0 Å². The number of allylic oxidation sites excluding steroid dienone is 1. The normalized spacial score (nSPS) is 13.1. The molecule has 0 aliphatic carbocycles. The molecule has 0 bridgehead atoms. The molecular formula is C13H25NO2S. The molecule has 0 saturated heterocycles. The number of unbranched alkanes of at least 4 members (excludes halogenated alkanes) is 1. The SMILES string of the molecule is CCC(=O)CCC/C=C\COCCNC(C)S. The van der Waals surface area contributed by atoms with Crippen LogP contribution >= 0.6 is 12.6 Å². The van der Waals surface area contributed by atoms with Crippen LogP contribution in [0.1, 0.15) is 39.5 Å². The lowest BCUT2D eigenvalue weighted by Crippen LogP contribution is -2.25. The average Bonchev–Trinajstić information content (AvgIpc) is 2.30. The van der Waals surface area contributed by atoms with Crippen LogP contribution in [0.2, 0.25) is 0 Å². The van der Waals surface area contributed by atoms with Crippen molar-refractivity contribution in [3.63, 3.8) is 0 Å². The smallest absolute Gasteiger partial charge is 0.132 e. The summed E-state index contributed by atoms with van der Waals surface area (Å²) in [6.07, 6.45) is 7.36. The minimum Gasteiger partial charge on any atom is -0.376 e. The summed E-state index contributed by atoms with van der Waals surface area (Å²) in [4.78, 5) is 11.0. The van der Waals surface area contributed by atoms with Crippen molar-refractivity contribution >= 4 is 18.4 Å². The molecule has 1 N–H and O–H groups in total. The predicted octanol–water partition coefficient (Wildman–Crippen LogP) is 2.57. The van der Waals surface area contributed by atoms with Crippen LogP contribution in [-0.2, 0) is 9.53 Å². The molecule has 1 atom stereocenters. The van der Waals surface area contributed by atoms with Crippen molar-refractivity contribution in [2.75, 3.05) is 19.8 Å². The third kappa shape index (κ3) is 13.6. The molecule has 0 radical (unpaired) electrons. The van der Waals surface area contributed by atoms with E-state index in [0.717, 1.165) is 19.4 Å². The van der Waals surface area contributed by atoms with Crippen LogP contribution in [0.4, 0.5) is 0 Å². The summed E-state index contributed by atoms with van der Waals surface area (Å²) < 4.78 is 5.38. The second-order valence-electron chi connectivity index (χ2n) is 3.96. The number of nitrogens with one attached hydrogen (secondary N) is 1. The van der Waals surface area contributed by atoms with Crippen molar-refractivity contribution < 1.29 is 9.53 Å². The van der Waals surface area contributed by atoms with E-state index in [-0.39, 0.29) is 5.37 Å². The Morgan fingerprint density at radius 2 is 2.24 bits per heavy atom. The fraction of sp³-hybridized carbons (Fsp3) is 0.769. The summed E-state index contributed by atoms with van der Waals surface area (Å²) in [7, 11) is 0. The number of carbonyl (C=O) groups excluding carboxylic acids is 1. The molecule has 0 saturated carbocycles. The van der Waals surface area contributed by atoms with Gasteiger partial charge in [-0.25, -0.2) is 0 Å². The van der Waals surface area contributed by atoms with Crippen molar-refractivity contribution in [1.29, 1.82) is 0 Å². The third-order valence-corrected chi connectivity index (χ3v) is 2.47. The lowest BCUT2D eigenvalue weighted by Gasteiger charge is -2.06. The first-order valence-electron chi connectivity index (χ1n) is 6.32. The molecule has 1 unspecified atom stereocenters. The third-order valence-electron chi connectivity index (χ3n) is 2.29. The maximum absolute atomic E-state index is 11.0. The Balaban J connectivity index is 3.17. The van der Waals surface area contributed by atoms with Crippen molar-refractivity contribution in [2.24, 2.45) is 0 Å². The van der Waals surface area contributed by atoms with E-state index in [1.807, 2.05) is 19.9 Å². The van der Waals surface area contributed by atoms with E-state index >= 15 is 0 Å². The molecule has 0 aliphatic rings. The van der Waals surface area contributed by atoms with Crippen LogP contribution in [0, 0.1) is 0 Å². The highest BCUT2D eigenvalue weighted by Crippen LogP contribution is 1.99. The van der Waals surface area contributed by atoms with Gasteiger partial charge < -0.3 is 10.1 Å². The van der Waals surface area contributed by atoms with E-state index < -0.39 is 0 Å². The van der Waals surface area contributed by atoms with Gasteiger partial charge in [-0.05, 0) is 19.8 Å². The quantitative estimate of drug-likeness (QED) is 0.259. The van der Waals surface area contributed by atoms with Crippen molar-refractivity contribution in [3.8, 4) is 0 Å². The number of thiol groups is 1. The van der Waals surface area contributed by atoms with Crippen LogP contribution in [-0.4, -0.2) is 30.9 Å². The Morgan fingerprint density at radius 3 is 2.88 bits per heavy atom. The Hall–Kier alpha value is -0.320. The number of ketones is 1. The van der Waals surface area contributed by atoms with E-state index in [2.05, 4.69) is 24.0 Å². The first kappa shape index (κ1) is 16.7. The van der Waals surface area contributed by atoms with E-state index in [1.54, 1.807) is 0 Å². The molecule has 0 spiro atoms. The topological polar surface area (TPSA) is 38.3 Å². The van der Waals surface area contributed by atoms with Crippen molar-refractivity contribution in [2.45, 2.75) is 44.9 Å². The molecule has 0 aliphatic heterocycles. The summed E-state index contributed by atoms with van der Waals surface area (Å²) in [5.74, 6) is 0.349. The van der Waals surface area contributed by atoms with Crippen molar-refractivity contribution in [3.05, 3.63) is 12.2 Å². The first-order valence-corrected chi connectivity index (χ1v) is 6.84. The highest BCUT2D eigenvalue weighted by molar-refractivity contribution is 7.80. The molecule has 0 aromatic heterocycles. The number of hydrogen-bond acceptors (Lipinski definition) is 4. The van der Waals surface area contributed by atoms with Gasteiger partial charge in [0, 0.05) is 24.8 Å². The number of hydrogen-bond donors (Lipinski definition) is 2. The molecule has 0 heterocycles. The highest BCUT2D eigenvalue weighted by atomic mass is 32.1. The summed E-state index contributed by atoms with van der Waals surface area (Å²) >= 11 is 4.20. The second-order valence-corrected chi connectivity index (χ2v) is 4.74. The zero-order chi connectivity index (χ0) is 12.9. The number of Topliss-reactive ketones (excluding diaryl/α,β-unsaturated/α-hetero) is 1. The van der Waals surface area contributed by atoms with Crippen molar-refractivity contribution in [1.82, 2.24) is 5.32 Å². The molecule has 0 aromatic carbocycles. The van der Waals surface area contributed by atoms with Gasteiger partial charge >= 0.3 is 0 Å². The second kappa shape index (κ2) is 12.1. The summed E-state index contributed by atoms with van der Waals surface area (Å²) in [5, 5.41) is 3.37. The van der Waals surface area contributed by atoms with E-state index in [0.29, 0.717) is 31.8 Å². The van der Waals surface area contributed by atoms with Gasteiger partial charge in [0.1, 0.15) is 5.78 Å². The fourth-order valence-electron chi connectivity index (χ4n) is 1.27. The molecule has 0 amide bonds. The first-order chi connectivity index (χ1) is 8.16. The Bertz CT molecular complexity index is 217. The molecule has 0 fully saturated rings. The Morgan fingerprint density at radius 1 is 1.47 bits per heavy atom. The molecule has 17 heavy (non-hydrogen) atoms. The van der Waals surface area contributed by atoms with Gasteiger partial charge in [-0.3, -0.25) is 4.79 Å². The standard InChI is InChI=1S/C13H25NO2S/c1-3-13(15)8-6-4-5-7-10-16-11-9-14-12(2)17/h5,7,12,14,17H,3-4,6,8-11H2,1-2H3/b7-5-. The zero-order valence-electron chi connectivity index (χ0n) is 10.9. The monoisotopic (exact) mass is 259 g/mol. The predicted molar refractivity (Wildman–Crippen MR) is 75.6 cm³/mol. The minimum absolute atomic E-state index is 0.213. The highest BCUT2D eigenvalue weighted by Gasteiger charge is 1.95. The molecule has 100 valence electrons. The molecular weight excluding hydrogens is 234 g/mol. The van der Waals surface area contributed by atoms with E-state index in [1.165, 1.54) is 0 Å². The Labute approximate surface area is 110 Å². The maximum Gasteiger partial charge on any atom is 0.132 e. The van der Waals surface area contributed by atoms with Gasteiger partial charge in [0.25, 0.3) is 0 Å². The summed E-state index contributed by atoms with van der Waals surface area (Å²) in [6, 6.07) is 0. The molecule has 3 nitrogen and oxygen atoms in total. The van der Waals surface area contributed by atoms with Gasteiger partial charge in [0.05, 0.1) is 13.2 Å². The van der Waals surface area contributed by atoms with Crippen LogP contribution in [0.25, 0.3) is 0 Å². The lowest BCUT2D eigenvalue weighted by atomic mass is 10.1. The van der Waals surface area contributed by atoms with Gasteiger partial charge in [0.2, 0.25) is 0 Å². The average molecular weight is 259 g/mol. The fourth-order valence-corrected chi connectivity index (χ4v) is 1.40. The molecule has 4 heteroatoms. The maximum atomic E-state index is 11.0. The van der Waals surface area contributed by atoms with Crippen LogP contribution in [0.5, 0.6) is 0 Å². The van der Waals surface area contributed by atoms with E-state index in [9.17, 15) is 4.79 Å². The van der Waals surface area contributed by atoms with Crippen LogP contribution in [0.15, 0.2) is 12.2 Å². The lowest BCUT2D eigenvalue weighted by molar-refractivity contribution is -0.118. The largest absolute Gasteiger partial charge is 0.376 e. The Kier molecular flexibility index (Phi) is 11.9. The zero-order valence-corrected chi connectivity index (χ0v) is 11.8. The minimum atomic E-state index is 0.213. The molecule has 0 rings (SSSR count).